The summed E-state index contributed by atoms with van der Waals surface area (Å²) in [5.74, 6) is -0.111. The summed E-state index contributed by atoms with van der Waals surface area (Å²) >= 11 is 5.96. The van der Waals surface area contributed by atoms with Crippen molar-refractivity contribution in [3.05, 3.63) is 107 Å². The van der Waals surface area contributed by atoms with Crippen molar-refractivity contribution in [2.45, 2.75) is 50.2 Å². The lowest BCUT2D eigenvalue weighted by atomic mass is 9.85. The first-order valence-corrected chi connectivity index (χ1v) is 12.5. The SMILES string of the molecule is O=C(c1ccccc1)C(CC(F)N1CCC(O)(Cc2ccc(Cl)cc2)CC1)NCc1ccccc1. The molecule has 0 aromatic heterocycles. The molecule has 6 heteroatoms. The summed E-state index contributed by atoms with van der Waals surface area (Å²) in [7, 11) is 0. The van der Waals surface area contributed by atoms with Gasteiger partial charge in [-0.25, -0.2) is 4.39 Å². The third-order valence-electron chi connectivity index (χ3n) is 6.77. The Morgan fingerprint density at radius 2 is 1.54 bits per heavy atom. The number of hydrogen-bond acceptors (Lipinski definition) is 4. The number of piperidine rings is 1. The predicted molar refractivity (Wildman–Crippen MR) is 138 cm³/mol. The maximum atomic E-state index is 15.5. The fourth-order valence-corrected chi connectivity index (χ4v) is 4.77. The lowest BCUT2D eigenvalue weighted by Gasteiger charge is -2.40. The van der Waals surface area contributed by atoms with Crippen molar-refractivity contribution >= 4 is 17.4 Å². The molecule has 0 saturated carbocycles. The van der Waals surface area contributed by atoms with Gasteiger partial charge in [-0.3, -0.25) is 9.69 Å². The van der Waals surface area contributed by atoms with E-state index in [0.717, 1.165) is 11.1 Å². The minimum absolute atomic E-state index is 0.0518. The first-order valence-electron chi connectivity index (χ1n) is 12.1. The molecule has 0 radical (unpaired) electrons. The second-order valence-corrected chi connectivity index (χ2v) is 9.82. The van der Waals surface area contributed by atoms with Gasteiger partial charge in [-0.1, -0.05) is 84.4 Å². The summed E-state index contributed by atoms with van der Waals surface area (Å²) in [5, 5.41) is 15.0. The Morgan fingerprint density at radius 1 is 0.943 bits per heavy atom. The van der Waals surface area contributed by atoms with Gasteiger partial charge in [0.2, 0.25) is 0 Å². The van der Waals surface area contributed by atoms with Crippen LogP contribution in [0.25, 0.3) is 0 Å². The number of carbonyl (C=O) groups excluding carboxylic acids is 1. The highest BCUT2D eigenvalue weighted by Gasteiger charge is 2.36. The van der Waals surface area contributed by atoms with Gasteiger partial charge in [-0.05, 0) is 36.1 Å². The lowest BCUT2D eigenvalue weighted by molar-refractivity contribution is -0.0523. The van der Waals surface area contributed by atoms with E-state index in [1.807, 2.05) is 72.8 Å². The topological polar surface area (TPSA) is 52.6 Å². The van der Waals surface area contributed by atoms with Crippen molar-refractivity contribution in [3.8, 4) is 0 Å². The standard InChI is InChI=1S/C29H32ClFN2O2/c30-25-13-11-22(12-14-25)20-29(35)15-17-33(18-16-29)27(31)19-26(28(34)24-9-5-2-6-10-24)32-21-23-7-3-1-4-8-23/h1-14,26-27,32,35H,15-21H2. The molecule has 1 saturated heterocycles. The summed E-state index contributed by atoms with van der Waals surface area (Å²) in [6.45, 7) is 1.37. The van der Waals surface area contributed by atoms with Gasteiger partial charge in [-0.15, -0.1) is 0 Å². The number of halogens is 2. The Morgan fingerprint density at radius 3 is 2.17 bits per heavy atom. The molecule has 35 heavy (non-hydrogen) atoms. The third kappa shape index (κ3) is 7.21. The molecule has 1 heterocycles. The van der Waals surface area contributed by atoms with Crippen LogP contribution < -0.4 is 5.32 Å². The number of carbonyl (C=O) groups is 1. The molecule has 3 aromatic rings. The van der Waals surface area contributed by atoms with Crippen molar-refractivity contribution in [1.82, 2.24) is 10.2 Å². The smallest absolute Gasteiger partial charge is 0.179 e. The largest absolute Gasteiger partial charge is 0.389 e. The Hall–Kier alpha value is -2.57. The average molecular weight is 495 g/mol. The number of Topliss-reactive ketones (excluding diaryl/α,β-unsaturated/α-hetero) is 1. The molecule has 0 bridgehead atoms. The van der Waals surface area contributed by atoms with Crippen LogP contribution in [0.5, 0.6) is 0 Å². The maximum Gasteiger partial charge on any atom is 0.179 e. The van der Waals surface area contributed by atoms with E-state index in [2.05, 4.69) is 5.32 Å². The summed E-state index contributed by atoms with van der Waals surface area (Å²) in [5.41, 5.74) is 1.76. The minimum Gasteiger partial charge on any atom is -0.389 e. The molecule has 3 aromatic carbocycles. The normalized spacial score (nSPS) is 17.6. The van der Waals surface area contributed by atoms with Crippen molar-refractivity contribution in [1.29, 1.82) is 0 Å². The van der Waals surface area contributed by atoms with E-state index in [1.54, 1.807) is 17.0 Å². The molecule has 2 unspecified atom stereocenters. The highest BCUT2D eigenvalue weighted by atomic mass is 35.5. The molecule has 0 amide bonds. The second kappa shape index (κ2) is 11.9. The van der Waals surface area contributed by atoms with E-state index in [-0.39, 0.29) is 12.2 Å². The van der Waals surface area contributed by atoms with Gasteiger partial charge in [-0.2, -0.15) is 0 Å². The van der Waals surface area contributed by atoms with E-state index in [1.165, 1.54) is 0 Å². The van der Waals surface area contributed by atoms with Crippen molar-refractivity contribution < 1.29 is 14.3 Å². The summed E-state index contributed by atoms with van der Waals surface area (Å²) < 4.78 is 15.5. The van der Waals surface area contributed by atoms with Gasteiger partial charge in [0, 0.05) is 43.1 Å². The second-order valence-electron chi connectivity index (χ2n) is 9.38. The number of aliphatic hydroxyl groups is 1. The van der Waals surface area contributed by atoms with Crippen LogP contribution in [0.4, 0.5) is 4.39 Å². The average Bonchev–Trinajstić information content (AvgIpc) is 2.89. The van der Waals surface area contributed by atoms with E-state index in [0.29, 0.717) is 49.5 Å². The molecule has 0 aliphatic carbocycles. The molecule has 4 rings (SSSR count). The zero-order chi connectivity index (χ0) is 24.7. The molecule has 4 nitrogen and oxygen atoms in total. The van der Waals surface area contributed by atoms with E-state index >= 15 is 4.39 Å². The molecule has 2 atom stereocenters. The van der Waals surface area contributed by atoms with Gasteiger partial charge in [0.05, 0.1) is 11.6 Å². The van der Waals surface area contributed by atoms with Crippen molar-refractivity contribution in [2.24, 2.45) is 0 Å². The summed E-state index contributed by atoms with van der Waals surface area (Å²) in [4.78, 5) is 15.0. The Bertz CT molecular complexity index is 1070. The number of nitrogens with zero attached hydrogens (tertiary/aromatic N) is 1. The van der Waals surface area contributed by atoms with Gasteiger partial charge in [0.15, 0.2) is 12.1 Å². The number of alkyl halides is 1. The number of nitrogens with one attached hydrogen (secondary N) is 1. The Kier molecular flexibility index (Phi) is 8.69. The van der Waals surface area contributed by atoms with Crippen molar-refractivity contribution in [2.75, 3.05) is 13.1 Å². The summed E-state index contributed by atoms with van der Waals surface area (Å²) in [6.07, 6.45) is 0.241. The number of likely N-dealkylation sites (tertiary alicyclic amines) is 1. The molecule has 1 aliphatic heterocycles. The molecule has 2 N–H and O–H groups in total. The van der Waals surface area contributed by atoms with Crippen LogP contribution in [-0.4, -0.2) is 46.8 Å². The van der Waals surface area contributed by atoms with Crippen LogP contribution in [-0.2, 0) is 13.0 Å². The zero-order valence-corrected chi connectivity index (χ0v) is 20.5. The van der Waals surface area contributed by atoms with Gasteiger partial charge in [0.25, 0.3) is 0 Å². The Labute approximate surface area is 211 Å². The number of ketones is 1. The molecule has 184 valence electrons. The van der Waals surface area contributed by atoms with Crippen LogP contribution in [0, 0.1) is 0 Å². The number of rotatable bonds is 10. The minimum atomic E-state index is -1.28. The summed E-state index contributed by atoms with van der Waals surface area (Å²) in [6, 6.07) is 25.7. The van der Waals surface area contributed by atoms with Gasteiger partial charge < -0.3 is 10.4 Å². The Balaban J connectivity index is 1.37. The number of benzene rings is 3. The monoisotopic (exact) mass is 494 g/mol. The molecular weight excluding hydrogens is 463 g/mol. The van der Waals surface area contributed by atoms with Crippen LogP contribution in [0.2, 0.25) is 5.02 Å². The van der Waals surface area contributed by atoms with Crippen LogP contribution >= 0.6 is 11.6 Å². The van der Waals surface area contributed by atoms with E-state index < -0.39 is 17.9 Å². The molecule has 1 aliphatic rings. The number of hydrogen-bond donors (Lipinski definition) is 2. The zero-order valence-electron chi connectivity index (χ0n) is 19.7. The molecule has 1 fully saturated rings. The molecule has 0 spiro atoms. The van der Waals surface area contributed by atoms with Gasteiger partial charge >= 0.3 is 0 Å². The lowest BCUT2D eigenvalue weighted by Crippen LogP contribution is -2.50. The van der Waals surface area contributed by atoms with E-state index in [4.69, 9.17) is 11.6 Å². The van der Waals surface area contributed by atoms with Crippen LogP contribution in [0.3, 0.4) is 0 Å². The third-order valence-corrected chi connectivity index (χ3v) is 7.02. The molecular formula is C29H32ClFN2O2. The highest BCUT2D eigenvalue weighted by molar-refractivity contribution is 6.30. The first kappa shape index (κ1) is 25.5. The fraction of sp³-hybridized carbons (Fsp3) is 0.345. The first-order chi connectivity index (χ1) is 16.9. The predicted octanol–water partition coefficient (Wildman–Crippen LogP) is 5.44. The van der Waals surface area contributed by atoms with Crippen molar-refractivity contribution in [3.63, 3.8) is 0 Å². The fourth-order valence-electron chi connectivity index (χ4n) is 4.65. The van der Waals surface area contributed by atoms with E-state index in [9.17, 15) is 9.90 Å². The highest BCUT2D eigenvalue weighted by Crippen LogP contribution is 2.29. The van der Waals surface area contributed by atoms with Gasteiger partial charge in [0.1, 0.15) is 0 Å². The van der Waals surface area contributed by atoms with Crippen LogP contribution in [0.1, 0.15) is 40.7 Å². The quantitative estimate of drug-likeness (QED) is 0.291. The maximum absolute atomic E-state index is 15.5. The van der Waals surface area contributed by atoms with Crippen LogP contribution in [0.15, 0.2) is 84.9 Å².